The van der Waals surface area contributed by atoms with E-state index in [0.29, 0.717) is 11.3 Å². The van der Waals surface area contributed by atoms with Gasteiger partial charge in [-0.2, -0.15) is 4.68 Å². The highest BCUT2D eigenvalue weighted by Crippen LogP contribution is 2.21. The zero-order valence-corrected chi connectivity index (χ0v) is 14.8. The van der Waals surface area contributed by atoms with Gasteiger partial charge in [-0.15, -0.1) is 5.10 Å². The molecule has 0 saturated carbocycles. The molecule has 3 aromatic carbocycles. The average Bonchev–Trinajstić information content (AvgIpc) is 3.07. The summed E-state index contributed by atoms with van der Waals surface area (Å²) in [4.78, 5) is 11.9. The van der Waals surface area contributed by atoms with Crippen molar-refractivity contribution >= 4 is 10.8 Å². The summed E-state index contributed by atoms with van der Waals surface area (Å²) in [5.74, 6) is -0.416. The van der Waals surface area contributed by atoms with Crippen molar-refractivity contribution in [1.29, 1.82) is 0 Å². The van der Waals surface area contributed by atoms with Crippen LogP contribution in [-0.4, -0.2) is 27.6 Å². The van der Waals surface area contributed by atoms with Crippen molar-refractivity contribution in [3.63, 3.8) is 0 Å². The van der Waals surface area contributed by atoms with Gasteiger partial charge in [-0.1, -0.05) is 30.3 Å². The van der Waals surface area contributed by atoms with E-state index in [-0.39, 0.29) is 19.0 Å². The Labute approximate surface area is 159 Å². The van der Waals surface area contributed by atoms with Crippen LogP contribution in [0.4, 0.5) is 4.39 Å². The molecule has 1 heterocycles. The molecule has 0 bridgehead atoms. The molecule has 1 aromatic heterocycles. The molecular weight excluding hydrogens is 363 g/mol. The minimum Gasteiger partial charge on any atom is -0.491 e. The predicted molar refractivity (Wildman–Crippen MR) is 102 cm³/mol. The molecule has 142 valence electrons. The molecule has 0 aliphatic rings. The molecule has 0 unspecified atom stereocenters. The number of benzene rings is 3. The van der Waals surface area contributed by atoms with E-state index in [9.17, 15) is 14.3 Å². The molecule has 1 N–H and O–H groups in total. The van der Waals surface area contributed by atoms with E-state index in [4.69, 9.17) is 9.15 Å². The van der Waals surface area contributed by atoms with Gasteiger partial charge in [0.1, 0.15) is 24.3 Å². The third-order valence-corrected chi connectivity index (χ3v) is 4.24. The van der Waals surface area contributed by atoms with Crippen molar-refractivity contribution in [2.75, 3.05) is 6.61 Å². The summed E-state index contributed by atoms with van der Waals surface area (Å²) in [7, 11) is 0. The third-order valence-electron chi connectivity index (χ3n) is 4.24. The first-order chi connectivity index (χ1) is 13.6. The van der Waals surface area contributed by atoms with Crippen LogP contribution in [0.2, 0.25) is 0 Å². The highest BCUT2D eigenvalue weighted by atomic mass is 19.1. The van der Waals surface area contributed by atoms with Crippen LogP contribution in [0.1, 0.15) is 0 Å². The van der Waals surface area contributed by atoms with Gasteiger partial charge in [-0.05, 0) is 47.2 Å². The monoisotopic (exact) mass is 380 g/mol. The van der Waals surface area contributed by atoms with E-state index >= 15 is 0 Å². The predicted octanol–water partition coefficient (Wildman–Crippen LogP) is 3.24. The number of rotatable bonds is 6. The normalized spacial score (nSPS) is 12.2. The van der Waals surface area contributed by atoms with Crippen molar-refractivity contribution in [2.45, 2.75) is 12.6 Å². The Kier molecular flexibility index (Phi) is 4.90. The van der Waals surface area contributed by atoms with Gasteiger partial charge in [0.2, 0.25) is 5.89 Å². The Morgan fingerprint density at radius 3 is 2.61 bits per heavy atom. The van der Waals surface area contributed by atoms with Crippen LogP contribution in [0.3, 0.4) is 0 Å². The second kappa shape index (κ2) is 7.66. The summed E-state index contributed by atoms with van der Waals surface area (Å²) in [6.07, 6.45) is -0.963. The Morgan fingerprint density at radius 2 is 1.82 bits per heavy atom. The molecule has 0 aliphatic heterocycles. The van der Waals surface area contributed by atoms with E-state index in [0.717, 1.165) is 15.5 Å². The average molecular weight is 380 g/mol. The van der Waals surface area contributed by atoms with E-state index in [2.05, 4.69) is 5.10 Å². The lowest BCUT2D eigenvalue weighted by molar-refractivity contribution is 0.0876. The summed E-state index contributed by atoms with van der Waals surface area (Å²) in [5.41, 5.74) is 0.471. The van der Waals surface area contributed by atoms with Crippen LogP contribution < -0.4 is 10.5 Å². The Bertz CT molecular complexity index is 1150. The second-order valence-corrected chi connectivity index (χ2v) is 6.34. The molecule has 6 nitrogen and oxygen atoms in total. The zero-order chi connectivity index (χ0) is 19.5. The summed E-state index contributed by atoms with van der Waals surface area (Å²) in [5, 5.41) is 16.4. The SMILES string of the molecule is O=c1oc(-c2ccc(F)cc2)nn1C[C@@H](O)COc1ccc2ccccc2c1. The van der Waals surface area contributed by atoms with Gasteiger partial charge < -0.3 is 14.3 Å². The number of ether oxygens (including phenoxy) is 1. The number of nitrogens with zero attached hydrogens (tertiary/aromatic N) is 2. The van der Waals surface area contributed by atoms with Crippen LogP contribution >= 0.6 is 0 Å². The first-order valence-corrected chi connectivity index (χ1v) is 8.72. The standard InChI is InChI=1S/C21H17FN2O4/c22-17-8-5-15(6-9-17)20-23-24(21(26)28-20)12-18(25)13-27-19-10-7-14-3-1-2-4-16(14)11-19/h1-11,18,25H,12-13H2/t18-/m1/s1. The summed E-state index contributed by atoms with van der Waals surface area (Å²) in [6, 6.07) is 19.0. The van der Waals surface area contributed by atoms with Crippen LogP contribution in [0, 0.1) is 5.82 Å². The minimum atomic E-state index is -0.963. The Balaban J connectivity index is 1.41. The van der Waals surface area contributed by atoms with Crippen LogP contribution in [0.5, 0.6) is 5.75 Å². The molecule has 0 aliphatic carbocycles. The molecule has 4 aromatic rings. The lowest BCUT2D eigenvalue weighted by atomic mass is 10.1. The summed E-state index contributed by atoms with van der Waals surface area (Å²) in [6.45, 7) is -0.0966. The number of aromatic nitrogens is 2. The van der Waals surface area contributed by atoms with Crippen LogP contribution in [0.25, 0.3) is 22.2 Å². The van der Waals surface area contributed by atoms with Crippen molar-refractivity contribution in [2.24, 2.45) is 0 Å². The number of aliphatic hydroxyl groups excluding tert-OH is 1. The third kappa shape index (κ3) is 3.94. The van der Waals surface area contributed by atoms with E-state index in [1.54, 1.807) is 0 Å². The van der Waals surface area contributed by atoms with Crippen LogP contribution in [0.15, 0.2) is 75.9 Å². The fourth-order valence-electron chi connectivity index (χ4n) is 2.83. The van der Waals surface area contributed by atoms with Crippen molar-refractivity contribution < 1.29 is 18.7 Å². The Morgan fingerprint density at radius 1 is 1.07 bits per heavy atom. The van der Waals surface area contributed by atoms with Crippen molar-refractivity contribution in [1.82, 2.24) is 9.78 Å². The lowest BCUT2D eigenvalue weighted by Gasteiger charge is -2.12. The highest BCUT2D eigenvalue weighted by Gasteiger charge is 2.14. The van der Waals surface area contributed by atoms with Gasteiger partial charge in [0.15, 0.2) is 0 Å². The topological polar surface area (TPSA) is 77.5 Å². The van der Waals surface area contributed by atoms with Crippen molar-refractivity contribution in [3.05, 3.63) is 83.1 Å². The van der Waals surface area contributed by atoms with Crippen LogP contribution in [-0.2, 0) is 6.54 Å². The molecule has 1 atom stereocenters. The molecule has 0 radical (unpaired) electrons. The second-order valence-electron chi connectivity index (χ2n) is 6.34. The highest BCUT2D eigenvalue weighted by molar-refractivity contribution is 5.83. The first-order valence-electron chi connectivity index (χ1n) is 8.72. The van der Waals surface area contributed by atoms with E-state index in [1.807, 2.05) is 42.5 Å². The van der Waals surface area contributed by atoms with Gasteiger partial charge >= 0.3 is 5.76 Å². The molecule has 0 spiro atoms. The number of halogens is 1. The van der Waals surface area contributed by atoms with Gasteiger partial charge in [-0.25, -0.2) is 9.18 Å². The molecule has 0 saturated heterocycles. The molecule has 7 heteroatoms. The molecule has 0 fully saturated rings. The van der Waals surface area contributed by atoms with Gasteiger partial charge in [0.05, 0.1) is 6.54 Å². The van der Waals surface area contributed by atoms with Gasteiger partial charge in [0.25, 0.3) is 0 Å². The minimum absolute atomic E-state index is 0.0104. The molecular formula is C21H17FN2O4. The van der Waals surface area contributed by atoms with E-state index < -0.39 is 17.7 Å². The fraction of sp³-hybridized carbons (Fsp3) is 0.143. The number of aliphatic hydroxyl groups is 1. The smallest absolute Gasteiger partial charge is 0.437 e. The largest absolute Gasteiger partial charge is 0.491 e. The molecule has 28 heavy (non-hydrogen) atoms. The Hall–Kier alpha value is -3.45. The number of fused-ring (bicyclic) bond motifs is 1. The lowest BCUT2D eigenvalue weighted by Crippen LogP contribution is -2.29. The maximum Gasteiger partial charge on any atom is 0.437 e. The maximum atomic E-state index is 13.0. The van der Waals surface area contributed by atoms with E-state index in [1.165, 1.54) is 24.3 Å². The fourth-order valence-corrected chi connectivity index (χ4v) is 2.83. The number of hydrogen-bond donors (Lipinski definition) is 1. The van der Waals surface area contributed by atoms with Gasteiger partial charge in [-0.3, -0.25) is 0 Å². The zero-order valence-electron chi connectivity index (χ0n) is 14.8. The maximum absolute atomic E-state index is 13.0. The first kappa shape index (κ1) is 17.9. The molecule has 4 rings (SSSR count). The molecule has 0 amide bonds. The summed E-state index contributed by atoms with van der Waals surface area (Å²) < 4.78 is 24.7. The quantitative estimate of drug-likeness (QED) is 0.556. The number of hydrogen-bond acceptors (Lipinski definition) is 5. The van der Waals surface area contributed by atoms with Crippen molar-refractivity contribution in [3.8, 4) is 17.2 Å². The van der Waals surface area contributed by atoms with Gasteiger partial charge in [0, 0.05) is 5.56 Å². The summed E-state index contributed by atoms with van der Waals surface area (Å²) >= 11 is 0.